The van der Waals surface area contributed by atoms with Crippen LogP contribution in [-0.2, 0) is 12.0 Å². The number of nitrogens with zero attached hydrogens (tertiary/aromatic N) is 1. The van der Waals surface area contributed by atoms with Crippen LogP contribution in [0.5, 0.6) is 0 Å². The molecule has 116 valence electrons. The van der Waals surface area contributed by atoms with E-state index in [9.17, 15) is 0 Å². The number of nitrogen functional groups attached to an aromatic ring is 1. The Kier molecular flexibility index (Phi) is 6.20. The van der Waals surface area contributed by atoms with E-state index in [4.69, 9.17) is 5.73 Å². The summed E-state index contributed by atoms with van der Waals surface area (Å²) in [5.41, 5.74) is 8.50. The topological polar surface area (TPSA) is 50.9 Å². The largest absolute Gasteiger partial charge is 0.375 e. The van der Waals surface area contributed by atoms with Gasteiger partial charge in [-0.25, -0.2) is 4.98 Å². The lowest BCUT2D eigenvalue weighted by Crippen LogP contribution is -2.18. The predicted octanol–water partition coefficient (Wildman–Crippen LogP) is 4.30. The summed E-state index contributed by atoms with van der Waals surface area (Å²) >= 11 is 1.53. The monoisotopic (exact) mass is 325 g/mol. The molecule has 0 spiro atoms. The maximum Gasteiger partial charge on any atom is 0.180 e. The predicted molar refractivity (Wildman–Crippen MR) is 94.2 cm³/mol. The molecule has 5 heteroatoms. The molecule has 1 aromatic heterocycles. The molecule has 0 amide bonds. The second kappa shape index (κ2) is 7.25. The van der Waals surface area contributed by atoms with Crippen molar-refractivity contribution in [2.45, 2.75) is 45.7 Å². The zero-order valence-corrected chi connectivity index (χ0v) is 14.6. The third-order valence-electron chi connectivity index (χ3n) is 3.43. The van der Waals surface area contributed by atoms with Crippen LogP contribution in [0.4, 0.5) is 5.13 Å². The summed E-state index contributed by atoms with van der Waals surface area (Å²) in [7, 11) is 0. The van der Waals surface area contributed by atoms with Crippen LogP contribution in [0.1, 0.15) is 49.7 Å². The van der Waals surface area contributed by atoms with Crippen molar-refractivity contribution in [1.29, 1.82) is 0 Å². The van der Waals surface area contributed by atoms with Crippen LogP contribution in [-0.4, -0.2) is 4.98 Å². The molecule has 1 unspecified atom stereocenters. The molecule has 2 aromatic rings. The molecule has 0 bridgehead atoms. The smallest absolute Gasteiger partial charge is 0.180 e. The zero-order chi connectivity index (χ0) is 14.8. The van der Waals surface area contributed by atoms with Gasteiger partial charge in [-0.2, -0.15) is 0 Å². The summed E-state index contributed by atoms with van der Waals surface area (Å²) in [6.07, 6.45) is 1.84. The van der Waals surface area contributed by atoms with Gasteiger partial charge in [-0.05, 0) is 23.5 Å². The number of thiazole rings is 1. The number of hydrogen-bond acceptors (Lipinski definition) is 4. The van der Waals surface area contributed by atoms with Crippen molar-refractivity contribution in [3.05, 3.63) is 46.5 Å². The van der Waals surface area contributed by atoms with Crippen molar-refractivity contribution < 1.29 is 0 Å². The number of hydrogen-bond donors (Lipinski definition) is 2. The van der Waals surface area contributed by atoms with E-state index >= 15 is 0 Å². The van der Waals surface area contributed by atoms with Crippen molar-refractivity contribution in [3.8, 4) is 0 Å². The van der Waals surface area contributed by atoms with Gasteiger partial charge < -0.3 is 11.1 Å². The van der Waals surface area contributed by atoms with E-state index in [1.165, 1.54) is 27.3 Å². The average Bonchev–Trinajstić information content (AvgIpc) is 2.81. The molecule has 3 N–H and O–H groups in total. The van der Waals surface area contributed by atoms with Crippen LogP contribution in [0.3, 0.4) is 0 Å². The number of benzene rings is 1. The molecule has 0 fully saturated rings. The first-order valence-corrected chi connectivity index (χ1v) is 7.72. The molecule has 0 saturated carbocycles. The summed E-state index contributed by atoms with van der Waals surface area (Å²) in [5, 5.41) is 4.13. The fourth-order valence-electron chi connectivity index (χ4n) is 2.05. The first-order chi connectivity index (χ1) is 9.36. The van der Waals surface area contributed by atoms with Crippen molar-refractivity contribution in [1.82, 2.24) is 10.3 Å². The Morgan fingerprint density at radius 3 is 2.33 bits per heavy atom. The van der Waals surface area contributed by atoms with Crippen molar-refractivity contribution >= 4 is 28.9 Å². The molecule has 0 aliphatic carbocycles. The third-order valence-corrected chi connectivity index (χ3v) is 4.26. The van der Waals surface area contributed by atoms with Gasteiger partial charge >= 0.3 is 0 Å². The van der Waals surface area contributed by atoms with E-state index in [2.05, 4.69) is 62.3 Å². The van der Waals surface area contributed by atoms with E-state index in [-0.39, 0.29) is 17.8 Å². The fraction of sp³-hybridized carbons (Fsp3) is 0.438. The lowest BCUT2D eigenvalue weighted by atomic mass is 9.86. The van der Waals surface area contributed by atoms with Crippen molar-refractivity contribution in [2.75, 3.05) is 5.73 Å². The van der Waals surface area contributed by atoms with Gasteiger partial charge in [0.05, 0.1) is 0 Å². The molecular formula is C16H24ClN3S. The highest BCUT2D eigenvalue weighted by Crippen LogP contribution is 2.24. The van der Waals surface area contributed by atoms with Crippen LogP contribution in [0, 0.1) is 0 Å². The van der Waals surface area contributed by atoms with Gasteiger partial charge in [0.25, 0.3) is 0 Å². The van der Waals surface area contributed by atoms with Gasteiger partial charge in [-0.1, -0.05) is 45.0 Å². The standard InChI is InChI=1S/C16H23N3S.ClH/c1-11(18-9-14-10-19-15(17)20-14)12-5-7-13(8-6-12)16(2,3)4;/h5-8,10-11,18H,9H2,1-4H3,(H2,17,19);1H. The second-order valence-electron chi connectivity index (χ2n) is 6.14. The highest BCUT2D eigenvalue weighted by molar-refractivity contribution is 7.15. The molecule has 3 nitrogen and oxygen atoms in total. The zero-order valence-electron chi connectivity index (χ0n) is 13.0. The average molecular weight is 326 g/mol. The molecule has 1 atom stereocenters. The fourth-order valence-corrected chi connectivity index (χ4v) is 2.68. The summed E-state index contributed by atoms with van der Waals surface area (Å²) in [6.45, 7) is 9.68. The van der Waals surface area contributed by atoms with Crippen LogP contribution in [0.2, 0.25) is 0 Å². The van der Waals surface area contributed by atoms with Gasteiger partial charge in [0, 0.05) is 23.7 Å². The minimum atomic E-state index is 0. The molecule has 0 aliphatic heterocycles. The minimum absolute atomic E-state index is 0. The maximum absolute atomic E-state index is 5.63. The minimum Gasteiger partial charge on any atom is -0.375 e. The normalized spacial score (nSPS) is 12.8. The van der Waals surface area contributed by atoms with Gasteiger partial charge in [-0.3, -0.25) is 0 Å². The molecule has 21 heavy (non-hydrogen) atoms. The SMILES string of the molecule is CC(NCc1cnc(N)s1)c1ccc(C(C)(C)C)cc1.Cl. The van der Waals surface area contributed by atoms with E-state index < -0.39 is 0 Å². The molecule has 2 rings (SSSR count). The van der Waals surface area contributed by atoms with Gasteiger partial charge in [0.1, 0.15) is 0 Å². The maximum atomic E-state index is 5.63. The van der Waals surface area contributed by atoms with Crippen LogP contribution < -0.4 is 11.1 Å². The number of nitrogens with one attached hydrogen (secondary N) is 1. The quantitative estimate of drug-likeness (QED) is 0.881. The Bertz CT molecular complexity index is 558. The van der Waals surface area contributed by atoms with Crippen molar-refractivity contribution in [3.63, 3.8) is 0 Å². The summed E-state index contributed by atoms with van der Waals surface area (Å²) in [6, 6.07) is 9.17. The number of aromatic nitrogens is 1. The van der Waals surface area contributed by atoms with Gasteiger partial charge in [-0.15, -0.1) is 23.7 Å². The highest BCUT2D eigenvalue weighted by atomic mass is 35.5. The van der Waals surface area contributed by atoms with E-state index in [0.29, 0.717) is 11.2 Å². The molecule has 1 heterocycles. The molecule has 0 saturated heterocycles. The highest BCUT2D eigenvalue weighted by Gasteiger charge is 2.14. The Morgan fingerprint density at radius 2 is 1.86 bits per heavy atom. The van der Waals surface area contributed by atoms with E-state index in [0.717, 1.165) is 6.54 Å². The third kappa shape index (κ3) is 4.99. The first-order valence-electron chi connectivity index (χ1n) is 6.90. The van der Waals surface area contributed by atoms with Crippen molar-refractivity contribution in [2.24, 2.45) is 0 Å². The second-order valence-corrected chi connectivity index (χ2v) is 7.29. The van der Waals surface area contributed by atoms with E-state index in [1.807, 2.05) is 6.20 Å². The Balaban J connectivity index is 0.00000220. The Morgan fingerprint density at radius 1 is 1.24 bits per heavy atom. The number of nitrogens with two attached hydrogens (primary N) is 1. The molecule has 1 aromatic carbocycles. The molecular weight excluding hydrogens is 302 g/mol. The Labute approximate surface area is 137 Å². The summed E-state index contributed by atoms with van der Waals surface area (Å²) in [4.78, 5) is 5.23. The lowest BCUT2D eigenvalue weighted by molar-refractivity contribution is 0.572. The van der Waals surface area contributed by atoms with Crippen LogP contribution in [0.25, 0.3) is 0 Å². The van der Waals surface area contributed by atoms with Gasteiger partial charge in [0.2, 0.25) is 0 Å². The first kappa shape index (κ1) is 18.0. The van der Waals surface area contributed by atoms with Crippen LogP contribution >= 0.6 is 23.7 Å². The molecule has 0 radical (unpaired) electrons. The van der Waals surface area contributed by atoms with E-state index in [1.54, 1.807) is 0 Å². The number of halogens is 1. The number of anilines is 1. The Hall–Kier alpha value is -1.10. The number of rotatable bonds is 4. The lowest BCUT2D eigenvalue weighted by Gasteiger charge is -2.20. The van der Waals surface area contributed by atoms with Crippen LogP contribution in [0.15, 0.2) is 30.5 Å². The molecule has 0 aliphatic rings. The summed E-state index contributed by atoms with van der Waals surface area (Å²) < 4.78 is 0. The van der Waals surface area contributed by atoms with Gasteiger partial charge in [0.15, 0.2) is 5.13 Å². The summed E-state index contributed by atoms with van der Waals surface area (Å²) in [5.74, 6) is 0.